The van der Waals surface area contributed by atoms with Crippen LogP contribution in [0.3, 0.4) is 0 Å². The Hall–Kier alpha value is -4.27. The Bertz CT molecular complexity index is 1230. The van der Waals surface area contributed by atoms with Crippen LogP contribution in [0.1, 0.15) is 40.1 Å². The summed E-state index contributed by atoms with van der Waals surface area (Å²) in [6.07, 6.45) is 5.06. The normalized spacial score (nSPS) is 22.3. The van der Waals surface area contributed by atoms with Crippen LogP contribution in [0.25, 0.3) is 11.4 Å². The average molecular weight is 442 g/mol. The van der Waals surface area contributed by atoms with Gasteiger partial charge in [-0.05, 0) is 67.8 Å². The summed E-state index contributed by atoms with van der Waals surface area (Å²) >= 11 is 0. The fourth-order valence-corrected chi connectivity index (χ4v) is 4.69. The SMILES string of the molecule is C=CC(=O)NC12CC(NC(=O)c3ccc(NC(=O)c4cccc(-c5ccn[nH]5)n4)cc3)(C1)C2. The van der Waals surface area contributed by atoms with Crippen LogP contribution in [-0.2, 0) is 4.79 Å². The second kappa shape index (κ2) is 7.70. The molecule has 0 radical (unpaired) electrons. The summed E-state index contributed by atoms with van der Waals surface area (Å²) < 4.78 is 0. The van der Waals surface area contributed by atoms with Gasteiger partial charge in [0.2, 0.25) is 5.91 Å². The van der Waals surface area contributed by atoms with E-state index in [2.05, 4.69) is 37.7 Å². The van der Waals surface area contributed by atoms with E-state index < -0.39 is 0 Å². The van der Waals surface area contributed by atoms with Crippen LogP contribution in [0.15, 0.2) is 67.4 Å². The van der Waals surface area contributed by atoms with Crippen molar-refractivity contribution in [3.63, 3.8) is 0 Å². The van der Waals surface area contributed by atoms with Gasteiger partial charge in [0.25, 0.3) is 11.8 Å². The quantitative estimate of drug-likeness (QED) is 0.418. The van der Waals surface area contributed by atoms with Gasteiger partial charge in [-0.15, -0.1) is 0 Å². The van der Waals surface area contributed by atoms with E-state index in [1.54, 1.807) is 54.7 Å². The standard InChI is InChI=1S/C24H22N6O3/c1-2-20(31)28-23-12-24(13-23,14-23)29-21(32)15-6-8-16(9-7-15)26-22(33)19-5-3-4-17(27-19)18-10-11-25-30-18/h2-11H,1,12-14H2,(H,25,30)(H,26,33)(H,28,31)(H,29,32). The minimum Gasteiger partial charge on any atom is -0.347 e. The van der Waals surface area contributed by atoms with E-state index in [0.717, 1.165) is 25.0 Å². The minimum atomic E-state index is -0.352. The van der Waals surface area contributed by atoms with E-state index in [1.165, 1.54) is 6.08 Å². The summed E-state index contributed by atoms with van der Waals surface area (Å²) in [5.74, 6) is -0.713. The molecule has 0 atom stereocenters. The highest BCUT2D eigenvalue weighted by atomic mass is 16.2. The van der Waals surface area contributed by atoms with E-state index in [0.29, 0.717) is 16.9 Å². The Kier molecular flexibility index (Phi) is 4.81. The van der Waals surface area contributed by atoms with Crippen molar-refractivity contribution in [1.29, 1.82) is 0 Å². The molecule has 166 valence electrons. The number of nitrogens with one attached hydrogen (secondary N) is 4. The van der Waals surface area contributed by atoms with Crippen LogP contribution in [0.4, 0.5) is 5.69 Å². The van der Waals surface area contributed by atoms with Crippen molar-refractivity contribution in [3.8, 4) is 11.4 Å². The molecule has 0 saturated heterocycles. The molecule has 33 heavy (non-hydrogen) atoms. The third kappa shape index (κ3) is 3.89. The van der Waals surface area contributed by atoms with Gasteiger partial charge in [0.05, 0.1) is 11.4 Å². The summed E-state index contributed by atoms with van der Waals surface area (Å²) in [6.45, 7) is 3.47. The number of H-pyrrole nitrogens is 1. The predicted molar refractivity (Wildman–Crippen MR) is 121 cm³/mol. The van der Waals surface area contributed by atoms with Crippen molar-refractivity contribution >= 4 is 23.4 Å². The van der Waals surface area contributed by atoms with Crippen molar-refractivity contribution in [2.75, 3.05) is 5.32 Å². The van der Waals surface area contributed by atoms with Crippen molar-refractivity contribution in [1.82, 2.24) is 25.8 Å². The van der Waals surface area contributed by atoms with E-state index >= 15 is 0 Å². The van der Waals surface area contributed by atoms with Gasteiger partial charge in [-0.25, -0.2) is 4.98 Å². The molecule has 3 amide bonds. The molecular weight excluding hydrogens is 420 g/mol. The van der Waals surface area contributed by atoms with Crippen LogP contribution in [0, 0.1) is 0 Å². The summed E-state index contributed by atoms with van der Waals surface area (Å²) in [7, 11) is 0. The number of rotatable bonds is 7. The van der Waals surface area contributed by atoms with Gasteiger partial charge in [0.15, 0.2) is 0 Å². The summed E-state index contributed by atoms with van der Waals surface area (Å²) in [4.78, 5) is 41.1. The number of amides is 3. The molecule has 9 heteroatoms. The fourth-order valence-electron chi connectivity index (χ4n) is 4.69. The molecule has 3 saturated carbocycles. The van der Waals surface area contributed by atoms with Crippen molar-refractivity contribution in [2.45, 2.75) is 30.3 Å². The largest absolute Gasteiger partial charge is 0.347 e. The third-order valence-corrected chi connectivity index (χ3v) is 6.15. The van der Waals surface area contributed by atoms with Crippen molar-refractivity contribution in [2.24, 2.45) is 0 Å². The smallest absolute Gasteiger partial charge is 0.274 e. The molecule has 3 fully saturated rings. The van der Waals surface area contributed by atoms with Crippen molar-refractivity contribution < 1.29 is 14.4 Å². The maximum atomic E-state index is 12.6. The first-order valence-corrected chi connectivity index (χ1v) is 10.5. The lowest BCUT2D eigenvalue weighted by Gasteiger charge is -2.70. The summed E-state index contributed by atoms with van der Waals surface area (Å²) in [5.41, 5.74) is 2.22. The van der Waals surface area contributed by atoms with E-state index in [-0.39, 0.29) is 34.5 Å². The van der Waals surface area contributed by atoms with Crippen LogP contribution in [0.2, 0.25) is 0 Å². The molecule has 0 spiro atoms. The molecule has 2 heterocycles. The van der Waals surface area contributed by atoms with E-state index in [1.807, 2.05) is 0 Å². The Balaban J connectivity index is 1.17. The number of nitrogens with zero attached hydrogens (tertiary/aromatic N) is 2. The molecule has 3 aromatic rings. The lowest BCUT2D eigenvalue weighted by Crippen LogP contribution is -2.83. The maximum Gasteiger partial charge on any atom is 0.274 e. The Morgan fingerprint density at radius 3 is 2.33 bits per heavy atom. The molecule has 2 bridgehead atoms. The van der Waals surface area contributed by atoms with Gasteiger partial charge < -0.3 is 16.0 Å². The fraction of sp³-hybridized carbons (Fsp3) is 0.208. The average Bonchev–Trinajstić information content (AvgIpc) is 3.32. The molecule has 2 aromatic heterocycles. The second-order valence-corrected chi connectivity index (χ2v) is 8.65. The van der Waals surface area contributed by atoms with Gasteiger partial charge in [-0.1, -0.05) is 12.6 Å². The molecule has 4 N–H and O–H groups in total. The van der Waals surface area contributed by atoms with Crippen LogP contribution >= 0.6 is 0 Å². The number of carbonyl (C=O) groups excluding carboxylic acids is 3. The molecule has 0 unspecified atom stereocenters. The van der Waals surface area contributed by atoms with E-state index in [9.17, 15) is 14.4 Å². The summed E-state index contributed by atoms with van der Waals surface area (Å²) in [6, 6.07) is 13.6. The third-order valence-electron chi connectivity index (χ3n) is 6.15. The Morgan fingerprint density at radius 2 is 1.67 bits per heavy atom. The predicted octanol–water partition coefficient (Wildman–Crippen LogP) is 2.43. The highest BCUT2D eigenvalue weighted by Gasteiger charge is 2.69. The number of hydrogen-bond acceptors (Lipinski definition) is 5. The van der Waals surface area contributed by atoms with Crippen LogP contribution < -0.4 is 16.0 Å². The highest BCUT2D eigenvalue weighted by molar-refractivity contribution is 6.03. The molecule has 3 aliphatic rings. The van der Waals surface area contributed by atoms with Gasteiger partial charge in [0, 0.05) is 28.5 Å². The molecule has 6 rings (SSSR count). The number of aromatic nitrogens is 3. The zero-order chi connectivity index (χ0) is 23.1. The van der Waals surface area contributed by atoms with Crippen LogP contribution in [-0.4, -0.2) is 44.0 Å². The topological polar surface area (TPSA) is 129 Å². The Morgan fingerprint density at radius 1 is 0.939 bits per heavy atom. The highest BCUT2D eigenvalue weighted by Crippen LogP contribution is 2.60. The van der Waals surface area contributed by atoms with Gasteiger partial charge >= 0.3 is 0 Å². The molecular formula is C24H22N6O3. The second-order valence-electron chi connectivity index (χ2n) is 8.65. The van der Waals surface area contributed by atoms with Gasteiger partial charge in [0.1, 0.15) is 5.69 Å². The number of hydrogen-bond donors (Lipinski definition) is 4. The number of carbonyl (C=O) groups is 3. The first-order chi connectivity index (χ1) is 15.9. The first-order valence-electron chi connectivity index (χ1n) is 10.5. The Labute approximate surface area is 189 Å². The number of benzene rings is 1. The molecule has 3 aliphatic carbocycles. The summed E-state index contributed by atoms with van der Waals surface area (Å²) in [5, 5.41) is 15.5. The lowest BCUT2D eigenvalue weighted by molar-refractivity contribution is -0.135. The number of pyridine rings is 1. The number of aromatic amines is 1. The monoisotopic (exact) mass is 442 g/mol. The first kappa shape index (κ1) is 20.6. The zero-order valence-corrected chi connectivity index (χ0v) is 17.7. The molecule has 9 nitrogen and oxygen atoms in total. The van der Waals surface area contributed by atoms with E-state index in [4.69, 9.17) is 0 Å². The van der Waals surface area contributed by atoms with Crippen LogP contribution in [0.5, 0.6) is 0 Å². The molecule has 0 aliphatic heterocycles. The minimum absolute atomic E-state index is 0.176. The van der Waals surface area contributed by atoms with Crippen molar-refractivity contribution in [3.05, 3.63) is 78.6 Å². The van der Waals surface area contributed by atoms with Gasteiger partial charge in [-0.3, -0.25) is 19.5 Å². The zero-order valence-electron chi connectivity index (χ0n) is 17.7. The van der Waals surface area contributed by atoms with Gasteiger partial charge in [-0.2, -0.15) is 5.10 Å². The number of anilines is 1. The maximum absolute atomic E-state index is 12.6. The lowest BCUT2D eigenvalue weighted by atomic mass is 9.44. The molecule has 1 aromatic carbocycles.